The number of carbonyl (C=O) groups is 1. The molecule has 5 nitrogen and oxygen atoms in total. The molecule has 0 radical (unpaired) electrons. The van der Waals surface area contributed by atoms with Gasteiger partial charge in [-0.05, 0) is 24.3 Å². The van der Waals surface area contributed by atoms with Gasteiger partial charge in [-0.2, -0.15) is 5.10 Å². The first-order chi connectivity index (χ1) is 10.2. The lowest BCUT2D eigenvalue weighted by atomic mass is 10.3. The van der Waals surface area contributed by atoms with Gasteiger partial charge in [0.05, 0.1) is 6.54 Å². The molecule has 0 saturated heterocycles. The van der Waals surface area contributed by atoms with Crippen molar-refractivity contribution >= 4 is 21.8 Å². The minimum atomic E-state index is -0.124. The standard InChI is InChI=1S/C15H14BrN3O2/c16-13-5-3-6-14(11-13)21-10-2-1-7-17-15(20)12-19-9-4-8-18-19/h3-6,8-9,11H,7,10,12H2,(H,17,20). The summed E-state index contributed by atoms with van der Waals surface area (Å²) in [6.07, 6.45) is 3.36. The highest BCUT2D eigenvalue weighted by Gasteiger charge is 1.99. The van der Waals surface area contributed by atoms with Crippen molar-refractivity contribution in [2.24, 2.45) is 0 Å². The molecule has 0 aliphatic carbocycles. The molecule has 0 aliphatic heterocycles. The zero-order valence-corrected chi connectivity index (χ0v) is 12.8. The molecule has 6 heteroatoms. The van der Waals surface area contributed by atoms with Gasteiger partial charge in [0, 0.05) is 16.9 Å². The number of nitrogens with zero attached hydrogens (tertiary/aromatic N) is 2. The molecule has 0 fully saturated rings. The molecule has 2 rings (SSSR count). The Labute approximate surface area is 131 Å². The average Bonchev–Trinajstić information content (AvgIpc) is 2.95. The number of aromatic nitrogens is 2. The number of halogens is 1. The molecule has 1 heterocycles. The summed E-state index contributed by atoms with van der Waals surface area (Å²) in [7, 11) is 0. The monoisotopic (exact) mass is 347 g/mol. The number of benzene rings is 1. The maximum atomic E-state index is 11.5. The summed E-state index contributed by atoms with van der Waals surface area (Å²) in [5.41, 5.74) is 0. The topological polar surface area (TPSA) is 56.2 Å². The predicted octanol–water partition coefficient (Wildman–Crippen LogP) is 1.84. The van der Waals surface area contributed by atoms with Crippen molar-refractivity contribution in [3.05, 3.63) is 47.2 Å². The van der Waals surface area contributed by atoms with E-state index >= 15 is 0 Å². The van der Waals surface area contributed by atoms with Crippen molar-refractivity contribution in [3.63, 3.8) is 0 Å². The molecular weight excluding hydrogens is 334 g/mol. The summed E-state index contributed by atoms with van der Waals surface area (Å²) < 4.78 is 7.96. The largest absolute Gasteiger partial charge is 0.481 e. The van der Waals surface area contributed by atoms with Crippen LogP contribution in [-0.4, -0.2) is 28.8 Å². The highest BCUT2D eigenvalue weighted by molar-refractivity contribution is 9.10. The summed E-state index contributed by atoms with van der Waals surface area (Å²) in [6.45, 7) is 0.774. The molecule has 1 aromatic heterocycles. The van der Waals surface area contributed by atoms with Crippen LogP contribution < -0.4 is 10.1 Å². The van der Waals surface area contributed by atoms with Crippen LogP contribution in [0.3, 0.4) is 0 Å². The van der Waals surface area contributed by atoms with Crippen LogP contribution in [0.1, 0.15) is 0 Å². The molecule has 0 atom stereocenters. The Morgan fingerprint density at radius 1 is 1.38 bits per heavy atom. The SMILES string of the molecule is O=C(Cn1cccn1)NCC#CCOc1cccc(Br)c1. The molecule has 0 aliphatic rings. The number of hydrogen-bond acceptors (Lipinski definition) is 3. The first-order valence-corrected chi connectivity index (χ1v) is 7.11. The zero-order valence-electron chi connectivity index (χ0n) is 11.3. The third-order valence-corrected chi connectivity index (χ3v) is 2.96. The molecule has 1 amide bonds. The van der Waals surface area contributed by atoms with Crippen molar-refractivity contribution in [2.45, 2.75) is 6.54 Å². The van der Waals surface area contributed by atoms with Crippen LogP contribution in [0.25, 0.3) is 0 Å². The van der Waals surface area contributed by atoms with Crippen LogP contribution in [-0.2, 0) is 11.3 Å². The van der Waals surface area contributed by atoms with E-state index in [-0.39, 0.29) is 19.1 Å². The third kappa shape index (κ3) is 5.71. The van der Waals surface area contributed by atoms with Crippen LogP contribution in [0.5, 0.6) is 5.75 Å². The second-order valence-corrected chi connectivity index (χ2v) is 5.00. The van der Waals surface area contributed by atoms with E-state index in [2.05, 4.69) is 38.2 Å². The van der Waals surface area contributed by atoms with Crippen molar-refractivity contribution in [3.8, 4) is 17.6 Å². The van der Waals surface area contributed by atoms with Crippen LogP contribution in [0.4, 0.5) is 0 Å². The van der Waals surface area contributed by atoms with E-state index in [0.29, 0.717) is 6.54 Å². The number of ether oxygens (including phenoxy) is 1. The van der Waals surface area contributed by atoms with Crippen LogP contribution >= 0.6 is 15.9 Å². The number of carbonyl (C=O) groups excluding carboxylic acids is 1. The normalized spacial score (nSPS) is 9.57. The number of amides is 1. The highest BCUT2D eigenvalue weighted by atomic mass is 79.9. The third-order valence-electron chi connectivity index (χ3n) is 2.47. The molecule has 2 aromatic rings. The fourth-order valence-electron chi connectivity index (χ4n) is 1.53. The molecule has 1 aromatic carbocycles. The van der Waals surface area contributed by atoms with Gasteiger partial charge in [0.1, 0.15) is 18.9 Å². The minimum Gasteiger partial charge on any atom is -0.481 e. The molecule has 0 saturated carbocycles. The van der Waals surface area contributed by atoms with Gasteiger partial charge in [-0.15, -0.1) is 0 Å². The summed E-state index contributed by atoms with van der Waals surface area (Å²) in [6, 6.07) is 9.31. The van der Waals surface area contributed by atoms with Crippen molar-refractivity contribution in [2.75, 3.05) is 13.2 Å². The van der Waals surface area contributed by atoms with E-state index < -0.39 is 0 Å². The van der Waals surface area contributed by atoms with Crippen molar-refractivity contribution in [1.29, 1.82) is 0 Å². The second kappa shape index (κ2) is 8.12. The molecule has 0 bridgehead atoms. The lowest BCUT2D eigenvalue weighted by molar-refractivity contribution is -0.121. The van der Waals surface area contributed by atoms with Gasteiger partial charge in [0.15, 0.2) is 0 Å². The first-order valence-electron chi connectivity index (χ1n) is 6.32. The smallest absolute Gasteiger partial charge is 0.242 e. The number of hydrogen-bond donors (Lipinski definition) is 1. The second-order valence-electron chi connectivity index (χ2n) is 4.08. The summed E-state index contributed by atoms with van der Waals surface area (Å²) in [4.78, 5) is 11.5. The summed E-state index contributed by atoms with van der Waals surface area (Å²) in [5.74, 6) is 6.30. The maximum Gasteiger partial charge on any atom is 0.242 e. The number of nitrogens with one attached hydrogen (secondary N) is 1. The Morgan fingerprint density at radius 3 is 3.05 bits per heavy atom. The van der Waals surface area contributed by atoms with Gasteiger partial charge in [-0.1, -0.05) is 33.8 Å². The van der Waals surface area contributed by atoms with Crippen LogP contribution in [0.2, 0.25) is 0 Å². The Kier molecular flexibility index (Phi) is 5.85. The van der Waals surface area contributed by atoms with Crippen molar-refractivity contribution in [1.82, 2.24) is 15.1 Å². The lowest BCUT2D eigenvalue weighted by Gasteiger charge is -2.02. The van der Waals surface area contributed by atoms with E-state index in [1.54, 1.807) is 23.1 Å². The Hall–Kier alpha value is -2.26. The Balaban J connectivity index is 1.64. The zero-order chi connectivity index (χ0) is 14.9. The summed E-state index contributed by atoms with van der Waals surface area (Å²) >= 11 is 3.37. The average molecular weight is 348 g/mol. The quantitative estimate of drug-likeness (QED) is 0.839. The van der Waals surface area contributed by atoms with Gasteiger partial charge in [-0.3, -0.25) is 9.48 Å². The fraction of sp³-hybridized carbons (Fsp3) is 0.200. The Morgan fingerprint density at radius 2 is 2.29 bits per heavy atom. The lowest BCUT2D eigenvalue weighted by Crippen LogP contribution is -2.28. The maximum absolute atomic E-state index is 11.5. The minimum absolute atomic E-state index is 0.124. The van der Waals surface area contributed by atoms with E-state index in [4.69, 9.17) is 4.74 Å². The van der Waals surface area contributed by atoms with Gasteiger partial charge >= 0.3 is 0 Å². The van der Waals surface area contributed by atoms with Gasteiger partial charge in [0.2, 0.25) is 5.91 Å². The molecular formula is C15H14BrN3O2. The van der Waals surface area contributed by atoms with E-state index in [1.165, 1.54) is 0 Å². The van der Waals surface area contributed by atoms with E-state index in [9.17, 15) is 4.79 Å². The van der Waals surface area contributed by atoms with Crippen molar-refractivity contribution < 1.29 is 9.53 Å². The number of rotatable bonds is 5. The van der Waals surface area contributed by atoms with Crippen LogP contribution in [0, 0.1) is 11.8 Å². The molecule has 0 unspecified atom stereocenters. The van der Waals surface area contributed by atoms with Crippen LogP contribution in [0.15, 0.2) is 47.2 Å². The van der Waals surface area contributed by atoms with Gasteiger partial charge in [-0.25, -0.2) is 0 Å². The molecule has 0 spiro atoms. The molecule has 1 N–H and O–H groups in total. The van der Waals surface area contributed by atoms with E-state index in [1.807, 2.05) is 24.3 Å². The first kappa shape index (κ1) is 15.1. The molecule has 21 heavy (non-hydrogen) atoms. The van der Waals surface area contributed by atoms with Gasteiger partial charge in [0.25, 0.3) is 0 Å². The van der Waals surface area contributed by atoms with Gasteiger partial charge < -0.3 is 10.1 Å². The molecule has 108 valence electrons. The van der Waals surface area contributed by atoms with E-state index in [0.717, 1.165) is 10.2 Å². The Bertz CT molecular complexity index is 644. The summed E-state index contributed by atoms with van der Waals surface area (Å²) in [5, 5.41) is 6.64. The highest BCUT2D eigenvalue weighted by Crippen LogP contribution is 2.17. The fourth-order valence-corrected chi connectivity index (χ4v) is 1.91. The predicted molar refractivity (Wildman–Crippen MR) is 82.6 cm³/mol.